The van der Waals surface area contributed by atoms with Crippen LogP contribution in [0.25, 0.3) is 0 Å². The van der Waals surface area contributed by atoms with Crippen molar-refractivity contribution < 1.29 is 14.2 Å². The highest BCUT2D eigenvalue weighted by Crippen LogP contribution is 2.45. The fourth-order valence-electron chi connectivity index (χ4n) is 3.64. The van der Waals surface area contributed by atoms with E-state index in [0.29, 0.717) is 5.92 Å². The lowest BCUT2D eigenvalue weighted by Gasteiger charge is -2.48. The van der Waals surface area contributed by atoms with Crippen LogP contribution in [-0.2, 0) is 4.74 Å². The van der Waals surface area contributed by atoms with E-state index in [1.54, 1.807) is 11.8 Å². The summed E-state index contributed by atoms with van der Waals surface area (Å²) < 4.78 is 9.94. The van der Waals surface area contributed by atoms with Crippen LogP contribution in [0.3, 0.4) is 0 Å². The van der Waals surface area contributed by atoms with Gasteiger partial charge in [0.15, 0.2) is 5.03 Å². The van der Waals surface area contributed by atoms with Gasteiger partial charge < -0.3 is 9.64 Å². The number of carbonyl (C=O) groups is 1. The minimum atomic E-state index is -0.226. The Hall–Kier alpha value is -1.24. The zero-order valence-corrected chi connectivity index (χ0v) is 14.0. The molecule has 122 valence electrons. The summed E-state index contributed by atoms with van der Waals surface area (Å²) in [6.07, 6.45) is 5.35. The van der Waals surface area contributed by atoms with Gasteiger partial charge in [-0.3, -0.25) is 0 Å². The molecule has 2 aliphatic heterocycles. The normalized spacial score (nSPS) is 27.2. The molecular weight excluding hydrogens is 302 g/mol. The maximum absolute atomic E-state index is 12.0. The van der Waals surface area contributed by atoms with Gasteiger partial charge in [0.05, 0.1) is 7.11 Å². The highest BCUT2D eigenvalue weighted by molar-refractivity contribution is 7.99. The molecule has 3 fully saturated rings. The Morgan fingerprint density at radius 2 is 2.32 bits per heavy atom. The van der Waals surface area contributed by atoms with E-state index < -0.39 is 0 Å². The number of carbonyl (C=O) groups excluding carboxylic acids is 1. The molecule has 6 nitrogen and oxygen atoms in total. The number of ether oxygens (including phenoxy) is 1. The predicted octanol–water partition coefficient (Wildman–Crippen LogP) is 3.30. The minimum Gasteiger partial charge on any atom is -0.453 e. The van der Waals surface area contributed by atoms with Crippen LogP contribution in [0.5, 0.6) is 0 Å². The number of nitrogens with zero attached hydrogens (tertiary/aromatic N) is 3. The Morgan fingerprint density at radius 3 is 3.05 bits per heavy atom. The number of amides is 1. The first-order valence-corrected chi connectivity index (χ1v) is 9.03. The van der Waals surface area contributed by atoms with E-state index in [9.17, 15) is 4.79 Å². The molecule has 1 amide bonds. The molecule has 0 aromatic carbocycles. The van der Waals surface area contributed by atoms with E-state index in [1.165, 1.54) is 13.5 Å². The second-order valence-electron chi connectivity index (χ2n) is 6.13. The van der Waals surface area contributed by atoms with Crippen molar-refractivity contribution in [3.05, 3.63) is 5.69 Å². The third-order valence-electron chi connectivity index (χ3n) is 4.76. The molecule has 22 heavy (non-hydrogen) atoms. The van der Waals surface area contributed by atoms with Crippen molar-refractivity contribution in [2.24, 2.45) is 5.92 Å². The number of hydrogen-bond donors (Lipinski definition) is 0. The van der Waals surface area contributed by atoms with Crippen LogP contribution in [0.15, 0.2) is 9.65 Å². The fourth-order valence-corrected chi connectivity index (χ4v) is 4.69. The van der Waals surface area contributed by atoms with Crippen LogP contribution in [-0.4, -0.2) is 46.8 Å². The molecule has 0 spiro atoms. The number of rotatable bonds is 5. The zero-order chi connectivity index (χ0) is 15.5. The van der Waals surface area contributed by atoms with Crippen LogP contribution in [0, 0.1) is 5.92 Å². The van der Waals surface area contributed by atoms with Crippen molar-refractivity contribution in [1.82, 2.24) is 15.2 Å². The van der Waals surface area contributed by atoms with Gasteiger partial charge in [0.25, 0.3) is 0 Å². The molecule has 1 aromatic rings. The van der Waals surface area contributed by atoms with Crippen molar-refractivity contribution in [3.8, 4) is 0 Å². The molecule has 1 saturated carbocycles. The third kappa shape index (κ3) is 2.95. The molecule has 3 aliphatic rings. The van der Waals surface area contributed by atoms with Gasteiger partial charge in [-0.25, -0.2) is 9.42 Å². The van der Waals surface area contributed by atoms with Crippen LogP contribution in [0.1, 0.15) is 50.6 Å². The largest absolute Gasteiger partial charge is 0.453 e. The number of hydrogen-bond acceptors (Lipinski definition) is 6. The lowest BCUT2D eigenvalue weighted by molar-refractivity contribution is 0.0238. The second-order valence-corrected chi connectivity index (χ2v) is 7.22. The van der Waals surface area contributed by atoms with E-state index >= 15 is 0 Å². The van der Waals surface area contributed by atoms with E-state index in [1.807, 2.05) is 4.90 Å². The molecule has 1 aliphatic carbocycles. The highest BCUT2D eigenvalue weighted by Gasteiger charge is 2.46. The Morgan fingerprint density at radius 1 is 1.45 bits per heavy atom. The molecule has 3 heterocycles. The number of unbranched alkanes of at least 4 members (excludes halogenated alkanes) is 1. The maximum Gasteiger partial charge on any atom is 0.409 e. The van der Waals surface area contributed by atoms with Crippen molar-refractivity contribution >= 4 is 17.9 Å². The van der Waals surface area contributed by atoms with E-state index in [-0.39, 0.29) is 18.1 Å². The number of aromatic nitrogens is 2. The van der Waals surface area contributed by atoms with Gasteiger partial charge in [-0.1, -0.05) is 18.5 Å². The van der Waals surface area contributed by atoms with E-state index in [2.05, 4.69) is 17.2 Å². The molecule has 0 N–H and O–H groups in total. The van der Waals surface area contributed by atoms with Crippen molar-refractivity contribution in [1.29, 1.82) is 0 Å². The number of fused-ring (bicyclic) bond motifs is 3. The van der Waals surface area contributed by atoms with Crippen molar-refractivity contribution in [2.75, 3.05) is 19.4 Å². The van der Waals surface area contributed by atoms with E-state index in [4.69, 9.17) is 9.37 Å². The molecule has 0 radical (unpaired) electrons. The first-order chi connectivity index (χ1) is 10.7. The number of piperidine rings is 2. The van der Waals surface area contributed by atoms with Gasteiger partial charge >= 0.3 is 6.09 Å². The summed E-state index contributed by atoms with van der Waals surface area (Å²) in [5.74, 6) is 1.78. The van der Waals surface area contributed by atoms with Gasteiger partial charge in [0.2, 0.25) is 0 Å². The van der Waals surface area contributed by atoms with Crippen LogP contribution in [0.2, 0.25) is 0 Å². The average molecular weight is 325 g/mol. The van der Waals surface area contributed by atoms with Crippen molar-refractivity contribution in [2.45, 2.75) is 56.0 Å². The number of methoxy groups -OCH3 is 1. The summed E-state index contributed by atoms with van der Waals surface area (Å²) in [4.78, 5) is 13.9. The predicted molar refractivity (Wildman–Crippen MR) is 82.9 cm³/mol. The highest BCUT2D eigenvalue weighted by atomic mass is 32.2. The molecule has 2 saturated heterocycles. The minimum absolute atomic E-state index is 0.162. The first-order valence-electron chi connectivity index (χ1n) is 8.04. The second kappa shape index (κ2) is 6.89. The quantitative estimate of drug-likeness (QED) is 0.611. The van der Waals surface area contributed by atoms with Crippen LogP contribution in [0.4, 0.5) is 4.79 Å². The monoisotopic (exact) mass is 325 g/mol. The van der Waals surface area contributed by atoms with Gasteiger partial charge in [0.1, 0.15) is 5.69 Å². The Bertz CT molecular complexity index is 522. The summed E-state index contributed by atoms with van der Waals surface area (Å²) in [5, 5.41) is 9.15. The van der Waals surface area contributed by atoms with Crippen molar-refractivity contribution in [3.63, 3.8) is 0 Å². The fraction of sp³-hybridized carbons (Fsp3) is 0.800. The lowest BCUT2D eigenvalue weighted by Crippen LogP contribution is -2.54. The average Bonchev–Trinajstić information content (AvgIpc) is 3.03. The summed E-state index contributed by atoms with van der Waals surface area (Å²) in [5.41, 5.74) is 0.935. The molecule has 3 atom stereocenters. The Balaban J connectivity index is 1.77. The molecule has 4 rings (SSSR count). The van der Waals surface area contributed by atoms with E-state index in [0.717, 1.165) is 48.7 Å². The molecule has 3 unspecified atom stereocenters. The third-order valence-corrected chi connectivity index (χ3v) is 5.81. The topological polar surface area (TPSA) is 68.5 Å². The standard InChI is InChI=1S/C15H23N3O3S/c1-3-4-7-22-14-13(16-21-17-14)11-8-10-5-6-12(11)18(9-10)15(19)20-2/h10-12H,3-9H2,1-2H3. The summed E-state index contributed by atoms with van der Waals surface area (Å²) in [7, 11) is 1.45. The first kappa shape index (κ1) is 15.6. The SMILES string of the molecule is CCCCSc1nonc1C1CC2CCC1N(C(=O)OC)C2. The maximum atomic E-state index is 12.0. The molecular formula is C15H23N3O3S. The van der Waals surface area contributed by atoms with Gasteiger partial charge in [-0.15, -0.1) is 11.8 Å². The summed E-state index contributed by atoms with van der Waals surface area (Å²) in [6, 6.07) is 0.162. The molecule has 7 heteroatoms. The van der Waals surface area contributed by atoms with Gasteiger partial charge in [-0.2, -0.15) is 0 Å². The molecule has 2 bridgehead atoms. The number of thioether (sulfide) groups is 1. The zero-order valence-electron chi connectivity index (χ0n) is 13.2. The van der Waals surface area contributed by atoms with Crippen LogP contribution < -0.4 is 0 Å². The Labute approximate surface area is 134 Å². The Kier molecular flexibility index (Phi) is 4.90. The van der Waals surface area contributed by atoms with Gasteiger partial charge in [0, 0.05) is 18.5 Å². The smallest absolute Gasteiger partial charge is 0.409 e. The van der Waals surface area contributed by atoms with Gasteiger partial charge in [-0.05, 0) is 42.5 Å². The summed E-state index contributed by atoms with van der Waals surface area (Å²) in [6.45, 7) is 2.98. The lowest BCUT2D eigenvalue weighted by atomic mass is 9.72. The van der Waals surface area contributed by atoms with Crippen LogP contribution >= 0.6 is 11.8 Å². The summed E-state index contributed by atoms with van der Waals surface area (Å²) >= 11 is 1.71. The molecule has 1 aromatic heterocycles.